The number of hydrogen-bond acceptors (Lipinski definition) is 2. The molecule has 0 bridgehead atoms. The molecule has 4 heteroatoms. The quantitative estimate of drug-likeness (QED) is 0.815. The molecule has 0 N–H and O–H groups in total. The lowest BCUT2D eigenvalue weighted by Crippen LogP contribution is -2.10. The van der Waals surface area contributed by atoms with Crippen LogP contribution in [0.25, 0.3) is 0 Å². The van der Waals surface area contributed by atoms with Crippen molar-refractivity contribution in [3.05, 3.63) is 70.5 Å². The molecule has 2 rings (SSSR count). The van der Waals surface area contributed by atoms with Crippen LogP contribution in [0.3, 0.4) is 0 Å². The molecule has 2 aromatic carbocycles. The number of benzene rings is 2. The van der Waals surface area contributed by atoms with Crippen molar-refractivity contribution in [3.63, 3.8) is 0 Å². The minimum Gasteiger partial charge on any atom is -0.207 e. The molecule has 104 valence electrons. The van der Waals surface area contributed by atoms with E-state index in [9.17, 15) is 9.65 Å². The van der Waals surface area contributed by atoms with Gasteiger partial charge in [-0.1, -0.05) is 35.9 Å². The molecule has 0 fully saturated rings. The molecule has 2 unspecified atom stereocenters. The monoisotopic (exact) mass is 298 g/mol. The molecule has 21 heavy (non-hydrogen) atoms. The first-order valence-electron chi connectivity index (χ1n) is 6.43. The maximum absolute atomic E-state index is 13.4. The molecule has 2 nitrogen and oxygen atoms in total. The molecule has 0 amide bonds. The predicted molar refractivity (Wildman–Crippen MR) is 79.2 cm³/mol. The summed E-state index contributed by atoms with van der Waals surface area (Å²) < 4.78 is 13.4. The molecular formula is C17H12ClFN2. The average molecular weight is 299 g/mol. The molecule has 0 spiro atoms. The lowest BCUT2D eigenvalue weighted by molar-refractivity contribution is 0.605. The second kappa shape index (κ2) is 6.88. The Bertz CT molecular complexity index is 715. The number of nitrogens with zero attached hydrogens (tertiary/aromatic N) is 2. The van der Waals surface area contributed by atoms with Gasteiger partial charge in [-0.2, -0.15) is 10.5 Å². The number of rotatable bonds is 4. The zero-order valence-corrected chi connectivity index (χ0v) is 11.9. The van der Waals surface area contributed by atoms with Gasteiger partial charge < -0.3 is 0 Å². The second-order valence-corrected chi connectivity index (χ2v) is 5.12. The maximum Gasteiger partial charge on any atom is 0.123 e. The van der Waals surface area contributed by atoms with Crippen molar-refractivity contribution in [2.24, 2.45) is 0 Å². The van der Waals surface area contributed by atoms with E-state index in [4.69, 9.17) is 16.9 Å². The van der Waals surface area contributed by atoms with E-state index in [0.717, 1.165) is 5.56 Å². The summed E-state index contributed by atoms with van der Waals surface area (Å²) in [5.41, 5.74) is 1.37. The Morgan fingerprint density at radius 1 is 1.05 bits per heavy atom. The van der Waals surface area contributed by atoms with E-state index < -0.39 is 11.8 Å². The van der Waals surface area contributed by atoms with Gasteiger partial charge in [0, 0.05) is 17.4 Å². The van der Waals surface area contributed by atoms with Crippen LogP contribution in [0.15, 0.2) is 48.5 Å². The summed E-state index contributed by atoms with van der Waals surface area (Å²) >= 11 is 5.96. The van der Waals surface area contributed by atoms with E-state index in [1.807, 2.05) is 0 Å². The van der Waals surface area contributed by atoms with Gasteiger partial charge in [0.05, 0.1) is 18.1 Å². The summed E-state index contributed by atoms with van der Waals surface area (Å²) in [6, 6.07) is 17.3. The molecule has 0 aliphatic heterocycles. The third-order valence-corrected chi connectivity index (χ3v) is 3.57. The van der Waals surface area contributed by atoms with E-state index in [1.165, 1.54) is 12.1 Å². The second-order valence-electron chi connectivity index (χ2n) is 4.69. The Labute approximate surface area is 128 Å². The number of nitriles is 2. The Hall–Kier alpha value is -2.36. The SMILES string of the molecule is N#CCC(c1cccc(F)c1)C(C#N)c1cccc(Cl)c1. The van der Waals surface area contributed by atoms with Crippen LogP contribution in [0.1, 0.15) is 29.4 Å². The topological polar surface area (TPSA) is 47.6 Å². The largest absolute Gasteiger partial charge is 0.207 e. The zero-order chi connectivity index (χ0) is 15.2. The van der Waals surface area contributed by atoms with Crippen molar-refractivity contribution < 1.29 is 4.39 Å². The number of hydrogen-bond donors (Lipinski definition) is 0. The van der Waals surface area contributed by atoms with Gasteiger partial charge in [0.15, 0.2) is 0 Å². The lowest BCUT2D eigenvalue weighted by atomic mass is 9.80. The van der Waals surface area contributed by atoms with Gasteiger partial charge >= 0.3 is 0 Å². The van der Waals surface area contributed by atoms with Crippen LogP contribution < -0.4 is 0 Å². The molecule has 0 heterocycles. The van der Waals surface area contributed by atoms with Gasteiger partial charge in [-0.25, -0.2) is 4.39 Å². The molecule has 0 aliphatic rings. The van der Waals surface area contributed by atoms with Gasteiger partial charge in [-0.3, -0.25) is 0 Å². The van der Waals surface area contributed by atoms with Crippen LogP contribution in [0.5, 0.6) is 0 Å². The Morgan fingerprint density at radius 2 is 1.76 bits per heavy atom. The third-order valence-electron chi connectivity index (χ3n) is 3.34. The van der Waals surface area contributed by atoms with Crippen LogP contribution in [-0.2, 0) is 0 Å². The minimum absolute atomic E-state index is 0.133. The summed E-state index contributed by atoms with van der Waals surface area (Å²) in [6.45, 7) is 0. The summed E-state index contributed by atoms with van der Waals surface area (Å²) in [6.07, 6.45) is 0.133. The van der Waals surface area contributed by atoms with E-state index in [2.05, 4.69) is 12.1 Å². The van der Waals surface area contributed by atoms with Gasteiger partial charge in [0.25, 0.3) is 0 Å². The van der Waals surface area contributed by atoms with Crippen LogP contribution in [0.4, 0.5) is 4.39 Å². The van der Waals surface area contributed by atoms with Crippen LogP contribution in [-0.4, -0.2) is 0 Å². The smallest absolute Gasteiger partial charge is 0.123 e. The normalized spacial score (nSPS) is 13.0. The van der Waals surface area contributed by atoms with Crippen molar-refractivity contribution in [1.29, 1.82) is 10.5 Å². The molecular weight excluding hydrogens is 287 g/mol. The van der Waals surface area contributed by atoms with Gasteiger partial charge in [0.1, 0.15) is 5.82 Å². The summed E-state index contributed by atoms with van der Waals surface area (Å²) in [7, 11) is 0. The van der Waals surface area contributed by atoms with Crippen molar-refractivity contribution in [3.8, 4) is 12.1 Å². The first-order valence-corrected chi connectivity index (χ1v) is 6.81. The first-order chi connectivity index (χ1) is 10.2. The highest BCUT2D eigenvalue weighted by atomic mass is 35.5. The summed E-state index contributed by atoms with van der Waals surface area (Å²) in [5.74, 6) is -1.32. The van der Waals surface area contributed by atoms with Crippen LogP contribution >= 0.6 is 11.6 Å². The summed E-state index contributed by atoms with van der Waals surface area (Å²) in [4.78, 5) is 0. The highest BCUT2D eigenvalue weighted by molar-refractivity contribution is 6.30. The van der Waals surface area contributed by atoms with Gasteiger partial charge in [0.2, 0.25) is 0 Å². The number of halogens is 2. The van der Waals surface area contributed by atoms with Crippen LogP contribution in [0.2, 0.25) is 5.02 Å². The highest BCUT2D eigenvalue weighted by Gasteiger charge is 2.25. The van der Waals surface area contributed by atoms with Crippen molar-refractivity contribution in [1.82, 2.24) is 0 Å². The molecule has 0 radical (unpaired) electrons. The average Bonchev–Trinajstić information content (AvgIpc) is 2.47. The van der Waals surface area contributed by atoms with Crippen molar-refractivity contribution in [2.45, 2.75) is 18.3 Å². The van der Waals surface area contributed by atoms with Crippen molar-refractivity contribution >= 4 is 11.6 Å². The first kappa shape index (κ1) is 15.0. The summed E-state index contributed by atoms with van der Waals surface area (Å²) in [5, 5.41) is 19.1. The standard InChI is InChI=1S/C17H12ClFN2/c18-14-5-1-3-12(9-14)17(11-21)16(7-8-20)13-4-2-6-15(19)10-13/h1-6,9-10,16-17H,7H2. The fourth-order valence-electron chi connectivity index (χ4n) is 2.36. The molecule has 2 aromatic rings. The maximum atomic E-state index is 13.4. The lowest BCUT2D eigenvalue weighted by Gasteiger charge is -2.20. The molecule has 2 atom stereocenters. The molecule has 0 aliphatic carbocycles. The molecule has 0 saturated heterocycles. The molecule has 0 saturated carbocycles. The van der Waals surface area contributed by atoms with Crippen LogP contribution in [0, 0.1) is 28.5 Å². The van der Waals surface area contributed by atoms with E-state index >= 15 is 0 Å². The molecule has 0 aromatic heterocycles. The van der Waals surface area contributed by atoms with E-state index in [0.29, 0.717) is 10.6 Å². The van der Waals surface area contributed by atoms with E-state index in [1.54, 1.807) is 36.4 Å². The fraction of sp³-hybridized carbons (Fsp3) is 0.176. The Kier molecular flexibility index (Phi) is 4.93. The Balaban J connectivity index is 2.45. The highest BCUT2D eigenvalue weighted by Crippen LogP contribution is 2.36. The third kappa shape index (κ3) is 3.60. The van der Waals surface area contributed by atoms with E-state index in [-0.39, 0.29) is 12.2 Å². The predicted octanol–water partition coefficient (Wildman–Crippen LogP) is 4.78. The minimum atomic E-state index is -0.551. The zero-order valence-electron chi connectivity index (χ0n) is 11.1. The fourth-order valence-corrected chi connectivity index (χ4v) is 2.56. The van der Waals surface area contributed by atoms with Gasteiger partial charge in [-0.15, -0.1) is 0 Å². The van der Waals surface area contributed by atoms with Gasteiger partial charge in [-0.05, 0) is 35.4 Å². The van der Waals surface area contributed by atoms with Crippen molar-refractivity contribution in [2.75, 3.05) is 0 Å². The Morgan fingerprint density at radius 3 is 2.38 bits per heavy atom.